The Morgan fingerprint density at radius 1 is 1.04 bits per heavy atom. The predicted molar refractivity (Wildman–Crippen MR) is 98.5 cm³/mol. The third kappa shape index (κ3) is 2.41. The van der Waals surface area contributed by atoms with Gasteiger partial charge < -0.3 is 4.90 Å². The van der Waals surface area contributed by atoms with Crippen molar-refractivity contribution in [2.75, 3.05) is 11.9 Å². The molecule has 23 heavy (non-hydrogen) atoms. The van der Waals surface area contributed by atoms with Gasteiger partial charge in [-0.05, 0) is 36.8 Å². The maximum atomic E-state index is 2.28. The van der Waals surface area contributed by atoms with E-state index in [1.54, 1.807) is 0 Å². The molecule has 3 heteroatoms. The molecule has 0 spiro atoms. The van der Waals surface area contributed by atoms with Gasteiger partial charge in [-0.3, -0.25) is 0 Å². The molecule has 1 aliphatic heterocycles. The quantitative estimate of drug-likeness (QED) is 0.609. The van der Waals surface area contributed by atoms with Crippen LogP contribution in [0, 0.1) is 6.92 Å². The summed E-state index contributed by atoms with van der Waals surface area (Å²) in [5.74, 6) is 0. The van der Waals surface area contributed by atoms with Crippen LogP contribution in [-0.2, 0) is 7.05 Å². The van der Waals surface area contributed by atoms with Gasteiger partial charge in [0.25, 0.3) is 0 Å². The molecule has 2 heterocycles. The number of nitrogens with zero attached hydrogens (tertiary/aromatic N) is 2. The molecule has 0 atom stereocenters. The molecule has 4 rings (SSSR count). The van der Waals surface area contributed by atoms with Crippen LogP contribution >= 0.6 is 11.8 Å². The molecule has 0 saturated carbocycles. The summed E-state index contributed by atoms with van der Waals surface area (Å²) >= 11 is 1.84. The van der Waals surface area contributed by atoms with Crippen molar-refractivity contribution in [3.63, 3.8) is 0 Å². The van der Waals surface area contributed by atoms with E-state index in [0.717, 1.165) is 0 Å². The monoisotopic (exact) mass is 319 g/mol. The second-order valence-electron chi connectivity index (χ2n) is 5.99. The molecule has 3 aromatic rings. The summed E-state index contributed by atoms with van der Waals surface area (Å²) < 4.78 is 2.25. The first-order valence-corrected chi connectivity index (χ1v) is 8.57. The lowest BCUT2D eigenvalue weighted by Gasteiger charge is -2.13. The fourth-order valence-corrected chi connectivity index (χ4v) is 4.11. The molecule has 0 N–H and O–H groups in total. The molecule has 0 aliphatic carbocycles. The molecule has 2 aromatic carbocycles. The molecule has 1 aliphatic rings. The van der Waals surface area contributed by atoms with Gasteiger partial charge in [0, 0.05) is 35.5 Å². The highest BCUT2D eigenvalue weighted by Crippen LogP contribution is 2.45. The highest BCUT2D eigenvalue weighted by Gasteiger charge is 2.23. The molecule has 114 valence electrons. The largest absolute Gasteiger partial charge is 0.338 e. The number of pyridine rings is 1. The highest BCUT2D eigenvalue weighted by atomic mass is 32.2. The Morgan fingerprint density at radius 2 is 1.87 bits per heavy atom. The number of fused-ring (bicyclic) bond motifs is 2. The Balaban J connectivity index is 1.79. The number of para-hydroxylation sites is 1. The number of aryl methyl sites for hydroxylation is 2. The average Bonchev–Trinajstić information content (AvgIpc) is 2.86. The van der Waals surface area contributed by atoms with Crippen molar-refractivity contribution >= 4 is 34.4 Å². The standard InChI is InChI=1S/C20H19N2S/c1-14-8-11-19-18(12-14)22(3)20(23-19)13-16-10-9-15-6-4-5-7-17(15)21(16)2/h4-13H,1-3H3/q+1. The van der Waals surface area contributed by atoms with E-state index in [4.69, 9.17) is 0 Å². The summed E-state index contributed by atoms with van der Waals surface area (Å²) in [6.45, 7) is 2.14. The highest BCUT2D eigenvalue weighted by molar-refractivity contribution is 8.03. The zero-order valence-electron chi connectivity index (χ0n) is 13.6. The molecular weight excluding hydrogens is 300 g/mol. The Labute approximate surface area is 141 Å². The van der Waals surface area contributed by atoms with Crippen molar-refractivity contribution in [2.45, 2.75) is 11.8 Å². The van der Waals surface area contributed by atoms with Crippen molar-refractivity contribution in [3.8, 4) is 0 Å². The van der Waals surface area contributed by atoms with Gasteiger partial charge >= 0.3 is 0 Å². The minimum absolute atomic E-state index is 1.21. The van der Waals surface area contributed by atoms with Crippen LogP contribution in [0.15, 0.2) is 64.5 Å². The molecular formula is C20H19N2S+. The van der Waals surface area contributed by atoms with E-state index in [2.05, 4.69) is 91.2 Å². The van der Waals surface area contributed by atoms with Crippen LogP contribution in [0.2, 0.25) is 0 Å². The van der Waals surface area contributed by atoms with Crippen LogP contribution in [0.3, 0.4) is 0 Å². The van der Waals surface area contributed by atoms with Crippen molar-refractivity contribution < 1.29 is 4.57 Å². The van der Waals surface area contributed by atoms with Crippen LogP contribution in [0.25, 0.3) is 17.0 Å². The topological polar surface area (TPSA) is 7.12 Å². The minimum atomic E-state index is 1.21. The maximum absolute atomic E-state index is 2.28. The molecule has 2 nitrogen and oxygen atoms in total. The van der Waals surface area contributed by atoms with Crippen molar-refractivity contribution in [3.05, 3.63) is 70.9 Å². The van der Waals surface area contributed by atoms with Gasteiger partial charge in [-0.1, -0.05) is 30.0 Å². The molecule has 1 aromatic heterocycles. The van der Waals surface area contributed by atoms with Crippen LogP contribution < -0.4 is 9.47 Å². The predicted octanol–water partition coefficient (Wildman–Crippen LogP) is 4.51. The van der Waals surface area contributed by atoms with Crippen LogP contribution in [0.4, 0.5) is 5.69 Å². The second-order valence-corrected chi connectivity index (χ2v) is 7.05. The number of hydrogen-bond donors (Lipinski definition) is 0. The first-order valence-electron chi connectivity index (χ1n) is 7.75. The normalized spacial score (nSPS) is 15.4. The van der Waals surface area contributed by atoms with Gasteiger partial charge in [-0.25, -0.2) is 0 Å². The lowest BCUT2D eigenvalue weighted by atomic mass is 10.2. The third-order valence-corrected chi connectivity index (χ3v) is 5.58. The van der Waals surface area contributed by atoms with E-state index >= 15 is 0 Å². The summed E-state index contributed by atoms with van der Waals surface area (Å²) in [6.07, 6.45) is 2.27. The van der Waals surface area contributed by atoms with E-state index in [0.29, 0.717) is 0 Å². The number of benzene rings is 2. The summed E-state index contributed by atoms with van der Waals surface area (Å²) in [5.41, 5.74) is 5.06. The summed E-state index contributed by atoms with van der Waals surface area (Å²) in [7, 11) is 4.27. The Bertz CT molecular complexity index is 944. The number of aromatic nitrogens is 1. The number of thioether (sulfide) groups is 1. The van der Waals surface area contributed by atoms with Gasteiger partial charge in [0.1, 0.15) is 7.05 Å². The van der Waals surface area contributed by atoms with Gasteiger partial charge in [-0.2, -0.15) is 4.57 Å². The van der Waals surface area contributed by atoms with Crippen LogP contribution in [-0.4, -0.2) is 7.05 Å². The van der Waals surface area contributed by atoms with E-state index in [1.165, 1.54) is 37.8 Å². The van der Waals surface area contributed by atoms with Gasteiger partial charge in [0.2, 0.25) is 11.2 Å². The Hall–Kier alpha value is -2.26. The summed E-state index contributed by atoms with van der Waals surface area (Å²) in [6, 6.07) is 19.5. The molecule has 0 unspecified atom stereocenters. The summed E-state index contributed by atoms with van der Waals surface area (Å²) in [4.78, 5) is 3.61. The first-order chi connectivity index (χ1) is 11.1. The van der Waals surface area contributed by atoms with Crippen molar-refractivity contribution in [1.29, 1.82) is 0 Å². The lowest BCUT2D eigenvalue weighted by Crippen LogP contribution is -2.32. The van der Waals surface area contributed by atoms with Crippen LogP contribution in [0.5, 0.6) is 0 Å². The number of rotatable bonds is 1. The summed E-state index contributed by atoms with van der Waals surface area (Å²) in [5, 5.41) is 2.53. The molecule has 0 fully saturated rings. The Kier molecular flexibility index (Phi) is 3.38. The number of anilines is 1. The molecule has 0 amide bonds. The second kappa shape index (κ2) is 5.43. The third-order valence-electron chi connectivity index (χ3n) is 4.41. The van der Waals surface area contributed by atoms with Crippen molar-refractivity contribution in [1.82, 2.24) is 0 Å². The SMILES string of the molecule is Cc1ccc2c(c1)N(C)/C(=C/c1ccc3ccccc3[n+]1C)S2. The van der Waals surface area contributed by atoms with E-state index < -0.39 is 0 Å². The van der Waals surface area contributed by atoms with Gasteiger partial charge in [0.05, 0.1) is 10.7 Å². The average molecular weight is 319 g/mol. The van der Waals surface area contributed by atoms with E-state index in [9.17, 15) is 0 Å². The molecule has 0 bridgehead atoms. The molecule has 0 saturated heterocycles. The van der Waals surface area contributed by atoms with Gasteiger partial charge in [0.15, 0.2) is 0 Å². The fourth-order valence-electron chi connectivity index (χ4n) is 3.03. The van der Waals surface area contributed by atoms with E-state index in [1.807, 2.05) is 11.8 Å². The maximum Gasteiger partial charge on any atom is 0.212 e. The van der Waals surface area contributed by atoms with Crippen LogP contribution in [0.1, 0.15) is 11.3 Å². The molecule has 0 radical (unpaired) electrons. The van der Waals surface area contributed by atoms with E-state index in [-0.39, 0.29) is 0 Å². The van der Waals surface area contributed by atoms with Crippen molar-refractivity contribution in [2.24, 2.45) is 7.05 Å². The Morgan fingerprint density at radius 3 is 2.74 bits per heavy atom. The fraction of sp³-hybridized carbons (Fsp3) is 0.150. The zero-order chi connectivity index (χ0) is 16.0. The van der Waals surface area contributed by atoms with Gasteiger partial charge in [-0.15, -0.1) is 0 Å². The number of hydrogen-bond acceptors (Lipinski definition) is 2. The smallest absolute Gasteiger partial charge is 0.212 e. The zero-order valence-corrected chi connectivity index (χ0v) is 14.4. The minimum Gasteiger partial charge on any atom is -0.338 e. The first kappa shape index (κ1) is 14.3. The lowest BCUT2D eigenvalue weighted by molar-refractivity contribution is -0.646.